The van der Waals surface area contributed by atoms with Crippen LogP contribution in [0.1, 0.15) is 15.9 Å². The van der Waals surface area contributed by atoms with Gasteiger partial charge < -0.3 is 4.98 Å². The molecule has 1 N–H and O–H groups in total. The number of carbonyl (C=O) groups excluding carboxylic acids is 1. The van der Waals surface area contributed by atoms with E-state index in [1.54, 1.807) is 6.20 Å². The van der Waals surface area contributed by atoms with Gasteiger partial charge in [0.1, 0.15) is 0 Å². The molecule has 3 heteroatoms. The Morgan fingerprint density at radius 3 is 2.63 bits per heavy atom. The van der Waals surface area contributed by atoms with Crippen LogP contribution in [0.2, 0.25) is 0 Å². The first-order valence-corrected chi connectivity index (χ1v) is 6.88. The second-order valence-electron chi connectivity index (χ2n) is 4.44. The lowest BCUT2D eigenvalue weighted by Crippen LogP contribution is -2.03. The molecule has 3 rings (SSSR count). The normalized spacial score (nSPS) is 10.8. The fraction of sp³-hybridized carbons (Fsp3) is 0.0625. The number of hydrogen-bond acceptors (Lipinski definition) is 1. The number of rotatable bonds is 3. The van der Waals surface area contributed by atoms with Gasteiger partial charge in [-0.1, -0.05) is 52.3 Å². The van der Waals surface area contributed by atoms with E-state index in [1.165, 1.54) is 0 Å². The quantitative estimate of drug-likeness (QED) is 0.716. The third-order valence-electron chi connectivity index (χ3n) is 3.20. The van der Waals surface area contributed by atoms with Gasteiger partial charge in [-0.3, -0.25) is 4.79 Å². The maximum atomic E-state index is 12.4. The standard InChI is InChI=1S/C16H12BrNO/c17-14-7-3-1-5-11(14)9-16(19)13-10-18-15-8-4-2-6-12(13)15/h1-8,10,18H,9H2. The fourth-order valence-corrected chi connectivity index (χ4v) is 2.64. The number of H-pyrrole nitrogens is 1. The van der Waals surface area contributed by atoms with Gasteiger partial charge in [0.05, 0.1) is 0 Å². The summed E-state index contributed by atoms with van der Waals surface area (Å²) in [5, 5.41) is 0.986. The van der Waals surface area contributed by atoms with E-state index < -0.39 is 0 Å². The molecule has 0 fully saturated rings. The highest BCUT2D eigenvalue weighted by atomic mass is 79.9. The Bertz CT molecular complexity index is 745. The van der Waals surface area contributed by atoms with Gasteiger partial charge in [-0.2, -0.15) is 0 Å². The molecule has 2 nitrogen and oxygen atoms in total. The van der Waals surface area contributed by atoms with E-state index in [0.717, 1.165) is 26.5 Å². The zero-order chi connectivity index (χ0) is 13.2. The lowest BCUT2D eigenvalue weighted by atomic mass is 10.0. The monoisotopic (exact) mass is 313 g/mol. The molecule has 0 aliphatic heterocycles. The number of aromatic amines is 1. The molecule has 0 amide bonds. The molecule has 0 atom stereocenters. The highest BCUT2D eigenvalue weighted by molar-refractivity contribution is 9.10. The number of carbonyl (C=O) groups is 1. The molecule has 0 saturated heterocycles. The van der Waals surface area contributed by atoms with Gasteiger partial charge in [0.25, 0.3) is 0 Å². The maximum absolute atomic E-state index is 12.4. The molecule has 1 heterocycles. The van der Waals surface area contributed by atoms with Crippen molar-refractivity contribution in [1.82, 2.24) is 4.98 Å². The summed E-state index contributed by atoms with van der Waals surface area (Å²) in [6.45, 7) is 0. The summed E-state index contributed by atoms with van der Waals surface area (Å²) in [5.74, 6) is 0.129. The van der Waals surface area contributed by atoms with Crippen LogP contribution in [-0.4, -0.2) is 10.8 Å². The van der Waals surface area contributed by atoms with Gasteiger partial charge in [0.15, 0.2) is 5.78 Å². The van der Waals surface area contributed by atoms with Crippen molar-refractivity contribution in [1.29, 1.82) is 0 Å². The van der Waals surface area contributed by atoms with E-state index in [9.17, 15) is 4.79 Å². The lowest BCUT2D eigenvalue weighted by molar-refractivity contribution is 0.0994. The van der Waals surface area contributed by atoms with Crippen LogP contribution in [-0.2, 0) is 6.42 Å². The predicted octanol–water partition coefficient (Wildman–Crippen LogP) is 4.36. The van der Waals surface area contributed by atoms with Crippen molar-refractivity contribution in [2.24, 2.45) is 0 Å². The van der Waals surface area contributed by atoms with Gasteiger partial charge in [0.2, 0.25) is 0 Å². The van der Waals surface area contributed by atoms with E-state index in [-0.39, 0.29) is 5.78 Å². The second-order valence-corrected chi connectivity index (χ2v) is 5.29. The molecule has 0 saturated carbocycles. The molecule has 0 unspecified atom stereocenters. The molecule has 3 aromatic rings. The third kappa shape index (κ3) is 2.34. The Hall–Kier alpha value is -1.87. The van der Waals surface area contributed by atoms with E-state index in [1.807, 2.05) is 48.5 Å². The molecule has 0 bridgehead atoms. The zero-order valence-corrected chi connectivity index (χ0v) is 11.8. The molecule has 2 aromatic carbocycles. The Labute approximate surface area is 119 Å². The lowest BCUT2D eigenvalue weighted by Gasteiger charge is -2.03. The zero-order valence-electron chi connectivity index (χ0n) is 10.2. The smallest absolute Gasteiger partial charge is 0.169 e. The largest absolute Gasteiger partial charge is 0.360 e. The molecule has 0 aliphatic rings. The Kier molecular flexibility index (Phi) is 3.22. The summed E-state index contributed by atoms with van der Waals surface area (Å²) in [6.07, 6.45) is 2.20. The fourth-order valence-electron chi connectivity index (χ4n) is 2.21. The number of Topliss-reactive ketones (excluding diaryl/α,β-unsaturated/α-hetero) is 1. The van der Waals surface area contributed by atoms with Crippen LogP contribution in [0.5, 0.6) is 0 Å². The van der Waals surface area contributed by atoms with Crippen LogP contribution >= 0.6 is 15.9 Å². The number of ketones is 1. The van der Waals surface area contributed by atoms with Crippen molar-refractivity contribution in [3.8, 4) is 0 Å². The van der Waals surface area contributed by atoms with Crippen molar-refractivity contribution >= 4 is 32.6 Å². The van der Waals surface area contributed by atoms with Gasteiger partial charge in [-0.25, -0.2) is 0 Å². The summed E-state index contributed by atoms with van der Waals surface area (Å²) >= 11 is 3.48. The van der Waals surface area contributed by atoms with Crippen molar-refractivity contribution in [2.45, 2.75) is 6.42 Å². The minimum absolute atomic E-state index is 0.129. The Morgan fingerprint density at radius 2 is 1.79 bits per heavy atom. The van der Waals surface area contributed by atoms with Crippen LogP contribution in [0.4, 0.5) is 0 Å². The number of aromatic nitrogens is 1. The molecule has 94 valence electrons. The summed E-state index contributed by atoms with van der Waals surface area (Å²) in [4.78, 5) is 15.5. The average molecular weight is 314 g/mol. The summed E-state index contributed by atoms with van der Waals surface area (Å²) in [6, 6.07) is 15.7. The molecule has 1 aromatic heterocycles. The molecule has 19 heavy (non-hydrogen) atoms. The number of benzene rings is 2. The van der Waals surface area contributed by atoms with E-state index in [2.05, 4.69) is 20.9 Å². The summed E-state index contributed by atoms with van der Waals surface area (Å²) < 4.78 is 0.975. The Morgan fingerprint density at radius 1 is 1.05 bits per heavy atom. The van der Waals surface area contributed by atoms with Gasteiger partial charge >= 0.3 is 0 Å². The van der Waals surface area contributed by atoms with Gasteiger partial charge in [-0.15, -0.1) is 0 Å². The number of hydrogen-bond donors (Lipinski definition) is 1. The SMILES string of the molecule is O=C(Cc1ccccc1Br)c1c[nH]c2ccccc12. The molecular formula is C16H12BrNO. The van der Waals surface area contributed by atoms with Crippen molar-refractivity contribution in [3.63, 3.8) is 0 Å². The molecular weight excluding hydrogens is 302 g/mol. The Balaban J connectivity index is 1.95. The highest BCUT2D eigenvalue weighted by Gasteiger charge is 2.13. The van der Waals surface area contributed by atoms with E-state index >= 15 is 0 Å². The minimum Gasteiger partial charge on any atom is -0.360 e. The van der Waals surface area contributed by atoms with E-state index in [0.29, 0.717) is 6.42 Å². The van der Waals surface area contributed by atoms with Crippen LogP contribution in [0.15, 0.2) is 59.2 Å². The van der Waals surface area contributed by atoms with Crippen LogP contribution in [0.25, 0.3) is 10.9 Å². The van der Waals surface area contributed by atoms with E-state index in [4.69, 9.17) is 0 Å². The predicted molar refractivity (Wildman–Crippen MR) is 80.5 cm³/mol. The van der Waals surface area contributed by atoms with Gasteiger partial charge in [0, 0.05) is 33.6 Å². The first kappa shape index (κ1) is 12.2. The number of nitrogens with one attached hydrogen (secondary N) is 1. The second kappa shape index (κ2) is 5.02. The number of fused-ring (bicyclic) bond motifs is 1. The van der Waals surface area contributed by atoms with Crippen molar-refractivity contribution in [3.05, 3.63) is 70.3 Å². The maximum Gasteiger partial charge on any atom is 0.169 e. The van der Waals surface area contributed by atoms with Crippen molar-refractivity contribution < 1.29 is 4.79 Å². The molecule has 0 spiro atoms. The topological polar surface area (TPSA) is 32.9 Å². The summed E-state index contributed by atoms with van der Waals surface area (Å²) in [7, 11) is 0. The summed E-state index contributed by atoms with van der Waals surface area (Å²) in [5.41, 5.74) is 2.77. The van der Waals surface area contributed by atoms with Crippen molar-refractivity contribution in [2.75, 3.05) is 0 Å². The highest BCUT2D eigenvalue weighted by Crippen LogP contribution is 2.22. The first-order chi connectivity index (χ1) is 9.25. The van der Waals surface area contributed by atoms with Crippen LogP contribution in [0.3, 0.4) is 0 Å². The van der Waals surface area contributed by atoms with Crippen LogP contribution < -0.4 is 0 Å². The van der Waals surface area contributed by atoms with Crippen LogP contribution in [0, 0.1) is 0 Å². The average Bonchev–Trinajstić information content (AvgIpc) is 2.85. The minimum atomic E-state index is 0.129. The first-order valence-electron chi connectivity index (χ1n) is 6.08. The van der Waals surface area contributed by atoms with Gasteiger partial charge in [-0.05, 0) is 17.7 Å². The number of halogens is 1. The molecule has 0 aliphatic carbocycles. The number of para-hydroxylation sites is 1. The third-order valence-corrected chi connectivity index (χ3v) is 3.97. The molecule has 0 radical (unpaired) electrons.